The number of nitrogens with zero attached hydrogens (tertiary/aromatic N) is 11. The van der Waals surface area contributed by atoms with Gasteiger partial charge in [-0.1, -0.05) is 6.07 Å². The van der Waals surface area contributed by atoms with E-state index in [-0.39, 0.29) is 32.1 Å². The number of anilines is 3. The number of morpholine rings is 1. The predicted molar refractivity (Wildman–Crippen MR) is 221 cm³/mol. The van der Waals surface area contributed by atoms with E-state index in [0.717, 1.165) is 18.6 Å². The van der Waals surface area contributed by atoms with Crippen molar-refractivity contribution in [1.29, 1.82) is 0 Å². The van der Waals surface area contributed by atoms with Crippen LogP contribution in [0.3, 0.4) is 0 Å². The summed E-state index contributed by atoms with van der Waals surface area (Å²) in [6, 6.07) is 12.1. The molecule has 2 aromatic carbocycles. The molecule has 9 heterocycles. The predicted octanol–water partition coefficient (Wildman–Crippen LogP) is 3.89. The molecule has 3 fully saturated rings. The van der Waals surface area contributed by atoms with Crippen LogP contribution >= 0.6 is 0 Å². The van der Waals surface area contributed by atoms with Gasteiger partial charge in [-0.15, -0.1) is 0 Å². The maximum absolute atomic E-state index is 15.2. The number of pyridine rings is 1. The van der Waals surface area contributed by atoms with Gasteiger partial charge >= 0.3 is 0 Å². The van der Waals surface area contributed by atoms with Crippen molar-refractivity contribution >= 4 is 45.6 Å². The van der Waals surface area contributed by atoms with Crippen LogP contribution in [0.4, 0.5) is 26.4 Å². The first kappa shape index (κ1) is 37.1. The summed E-state index contributed by atoms with van der Waals surface area (Å²) in [7, 11) is 3.43. The van der Waals surface area contributed by atoms with Gasteiger partial charge in [0.2, 0.25) is 11.9 Å². The highest BCUT2D eigenvalue weighted by Gasteiger charge is 2.44. The number of likely N-dealkylation sites (N-methyl/N-ethyl adjacent to an activating group) is 1. The SMILES string of the molecule is CO[C@H]1CN(C)C(=O)[C@@H]2C[C@@H](CN2c2nc3nc4c2cnn4-c2ccc(F)cc2OCCN2C[C@H]4OCCN3[C@H]4C2)Nc2cccc(n2)-c2cc(F)cc3nc(C)n(c23)C1.[HH]. The second kappa shape index (κ2) is 14.3. The Labute approximate surface area is 345 Å². The molecule has 0 saturated carbocycles. The highest BCUT2D eigenvalue weighted by molar-refractivity contribution is 5.94. The van der Waals surface area contributed by atoms with Crippen LogP contribution in [0.1, 0.15) is 13.7 Å². The first-order valence-corrected chi connectivity index (χ1v) is 20.4. The van der Waals surface area contributed by atoms with Gasteiger partial charge in [0.15, 0.2) is 5.65 Å². The molecule has 16 nitrogen and oxygen atoms in total. The van der Waals surface area contributed by atoms with Crippen LogP contribution in [-0.2, 0) is 20.8 Å². The number of carbonyl (C=O) groups is 1. The van der Waals surface area contributed by atoms with E-state index in [1.54, 1.807) is 36.0 Å². The zero-order valence-corrected chi connectivity index (χ0v) is 33.5. The van der Waals surface area contributed by atoms with Crippen molar-refractivity contribution in [3.63, 3.8) is 0 Å². The van der Waals surface area contributed by atoms with E-state index < -0.39 is 23.8 Å². The van der Waals surface area contributed by atoms with Gasteiger partial charge in [-0.3, -0.25) is 9.69 Å². The van der Waals surface area contributed by atoms with Gasteiger partial charge in [-0.2, -0.15) is 15.1 Å². The number of carbonyl (C=O) groups excluding carboxylic acids is 1. The van der Waals surface area contributed by atoms with Crippen molar-refractivity contribution in [1.82, 2.24) is 44.1 Å². The van der Waals surface area contributed by atoms with Crippen LogP contribution in [-0.4, -0.2) is 147 Å². The Morgan fingerprint density at radius 1 is 0.933 bits per heavy atom. The van der Waals surface area contributed by atoms with Crippen LogP contribution in [0.5, 0.6) is 5.75 Å². The number of fused-ring (bicyclic) bond motifs is 10. The third-order valence-electron chi connectivity index (χ3n) is 12.7. The number of ether oxygens (including phenoxy) is 3. The molecule has 11 rings (SSSR count). The average Bonchev–Trinajstić information content (AvgIpc) is 4.03. The minimum Gasteiger partial charge on any atom is -0.490 e. The summed E-state index contributed by atoms with van der Waals surface area (Å²) in [6.45, 7) is 6.45. The molecular formula is C42H46F2N12O4. The number of aromatic nitrogens is 7. The third-order valence-corrected chi connectivity index (χ3v) is 12.7. The minimum atomic E-state index is -0.646. The van der Waals surface area contributed by atoms with Gasteiger partial charge in [-0.05, 0) is 43.7 Å². The molecule has 5 aliphatic rings. The van der Waals surface area contributed by atoms with Crippen LogP contribution in [0.2, 0.25) is 0 Å². The fourth-order valence-electron chi connectivity index (χ4n) is 9.78. The van der Waals surface area contributed by atoms with Gasteiger partial charge in [0, 0.05) is 78.6 Å². The Hall–Kier alpha value is -5.98. The first-order valence-electron chi connectivity index (χ1n) is 20.4. The highest BCUT2D eigenvalue weighted by Crippen LogP contribution is 2.38. The second-order valence-corrected chi connectivity index (χ2v) is 16.4. The normalized spacial score (nSPS) is 25.3. The molecule has 0 radical (unpaired) electrons. The van der Waals surface area contributed by atoms with Crippen molar-refractivity contribution in [2.75, 3.05) is 81.8 Å². The van der Waals surface area contributed by atoms with Gasteiger partial charge in [0.25, 0.3) is 0 Å². The number of halogens is 2. The molecule has 6 aromatic rings. The maximum atomic E-state index is 15.2. The lowest BCUT2D eigenvalue weighted by Crippen LogP contribution is -2.52. The standard InChI is InChI=1S/C42H44F2N12O4.H2/c1-23-46-31-14-25(44)13-28-30-5-4-6-37(48-30)47-26-16-33(41(57)51(2)19-27(58-3)20-54(23)38(28)31)55(18-26)39-29-17-45-56-32-8-7-24(43)15-35(32)59-11-9-52-21-34-36(22-52)60-12-10-53(34)42(49-39)50-40(29)56;/h4-8,13-15,17,26-27,33-34,36H,9-12,16,18-22H2,1-3H3,(H,47,48);1H/t26-,27-,33-,34-,36+;/m0./s1. The Morgan fingerprint density at radius 3 is 2.72 bits per heavy atom. The number of aryl methyl sites for hydroxylation is 1. The summed E-state index contributed by atoms with van der Waals surface area (Å²) < 4.78 is 52.2. The Morgan fingerprint density at radius 2 is 1.83 bits per heavy atom. The molecule has 0 aliphatic carbocycles. The van der Waals surface area contributed by atoms with E-state index in [9.17, 15) is 9.18 Å². The Bertz CT molecular complexity index is 2680. The number of hydrogen-bond donors (Lipinski definition) is 1. The summed E-state index contributed by atoms with van der Waals surface area (Å²) in [4.78, 5) is 43.5. The van der Waals surface area contributed by atoms with Crippen LogP contribution in [0, 0.1) is 18.6 Å². The minimum absolute atomic E-state index is 0. The van der Waals surface area contributed by atoms with Gasteiger partial charge in [0.1, 0.15) is 53.2 Å². The van der Waals surface area contributed by atoms with Gasteiger partial charge in [-0.25, -0.2) is 23.4 Å². The first-order chi connectivity index (χ1) is 29.2. The molecule has 3 saturated heterocycles. The summed E-state index contributed by atoms with van der Waals surface area (Å²) in [5.41, 5.74) is 3.52. The fraction of sp³-hybridized carbons (Fsp3) is 0.429. The smallest absolute Gasteiger partial charge is 0.245 e. The lowest BCUT2D eigenvalue weighted by molar-refractivity contribution is -0.132. The van der Waals surface area contributed by atoms with Crippen LogP contribution < -0.4 is 19.9 Å². The molecule has 5 aliphatic heterocycles. The van der Waals surface area contributed by atoms with Gasteiger partial charge < -0.3 is 38.8 Å². The monoisotopic (exact) mass is 820 g/mol. The maximum Gasteiger partial charge on any atom is 0.245 e. The molecule has 1 N–H and O–H groups in total. The number of nitrogens with one attached hydrogen (secondary N) is 1. The van der Waals surface area contributed by atoms with Crippen molar-refractivity contribution in [3.8, 4) is 22.7 Å². The lowest BCUT2D eigenvalue weighted by Gasteiger charge is -2.37. The largest absolute Gasteiger partial charge is 0.490 e. The molecular weight excluding hydrogens is 775 g/mol. The van der Waals surface area contributed by atoms with E-state index in [0.29, 0.717) is 108 Å². The van der Waals surface area contributed by atoms with E-state index in [2.05, 4.69) is 20.0 Å². The van der Waals surface area contributed by atoms with Crippen LogP contribution in [0.25, 0.3) is 39.0 Å². The van der Waals surface area contributed by atoms with E-state index in [1.165, 1.54) is 24.3 Å². The van der Waals surface area contributed by atoms with E-state index in [4.69, 9.17) is 39.2 Å². The number of hydrogen-bond acceptors (Lipinski definition) is 13. The van der Waals surface area contributed by atoms with E-state index >= 15 is 4.39 Å². The highest BCUT2D eigenvalue weighted by atomic mass is 19.1. The van der Waals surface area contributed by atoms with Crippen molar-refractivity contribution in [3.05, 3.63) is 72.2 Å². The van der Waals surface area contributed by atoms with Crippen molar-refractivity contribution < 1.29 is 29.2 Å². The number of benzene rings is 2. The summed E-state index contributed by atoms with van der Waals surface area (Å²) in [6.07, 6.45) is 1.66. The Kier molecular flexibility index (Phi) is 8.86. The number of methoxy groups -OCH3 is 1. The number of imidazole rings is 1. The fourth-order valence-corrected chi connectivity index (χ4v) is 9.78. The van der Waals surface area contributed by atoms with Crippen LogP contribution in [0.15, 0.2) is 54.7 Å². The molecule has 6 atom stereocenters. The van der Waals surface area contributed by atoms with Crippen molar-refractivity contribution in [2.24, 2.45) is 0 Å². The summed E-state index contributed by atoms with van der Waals surface area (Å²) in [5.74, 6) is 1.75. The second-order valence-electron chi connectivity index (χ2n) is 16.4. The molecule has 1 unspecified atom stereocenters. The number of rotatable bonds is 2. The van der Waals surface area contributed by atoms with E-state index in [1.807, 2.05) is 29.7 Å². The molecule has 60 heavy (non-hydrogen) atoms. The van der Waals surface area contributed by atoms with Gasteiger partial charge in [0.05, 0.1) is 59.7 Å². The quantitative estimate of drug-likeness (QED) is 0.270. The summed E-state index contributed by atoms with van der Waals surface area (Å²) >= 11 is 0. The average molecular weight is 821 g/mol. The third kappa shape index (κ3) is 6.18. The zero-order valence-electron chi connectivity index (χ0n) is 33.5. The molecule has 0 spiro atoms. The van der Waals surface area contributed by atoms with Crippen molar-refractivity contribution in [2.45, 2.75) is 50.2 Å². The molecule has 18 heteroatoms. The molecule has 1 amide bonds. The molecule has 4 aromatic heterocycles. The molecule has 312 valence electrons. The molecule has 8 bridgehead atoms. The topological polar surface area (TPSA) is 144 Å². The summed E-state index contributed by atoms with van der Waals surface area (Å²) in [5, 5.41) is 9.07. The Balaban J connectivity index is 0.00000445. The number of amides is 1. The zero-order chi connectivity index (χ0) is 40.8. The lowest BCUT2D eigenvalue weighted by atomic mass is 10.1.